The molecule has 0 radical (unpaired) electrons. The summed E-state index contributed by atoms with van der Waals surface area (Å²) in [5, 5.41) is 5.33. The van der Waals surface area contributed by atoms with Crippen molar-refractivity contribution in [1.82, 2.24) is 10.6 Å². The second-order valence-electron chi connectivity index (χ2n) is 3.07. The van der Waals surface area contributed by atoms with Crippen LogP contribution in [-0.2, 0) is 9.59 Å². The number of hydrogen-bond acceptors (Lipinski definition) is 2. The number of allylic oxidation sites excluding steroid dienone is 2. The van der Waals surface area contributed by atoms with E-state index < -0.39 is 0 Å². The quantitative estimate of drug-likeness (QED) is 0.618. The zero-order valence-electron chi connectivity index (χ0n) is 8.12. The Balaban J connectivity index is 2.12. The summed E-state index contributed by atoms with van der Waals surface area (Å²) < 4.78 is 0. The van der Waals surface area contributed by atoms with Crippen LogP contribution >= 0.6 is 0 Å². The van der Waals surface area contributed by atoms with Crippen LogP contribution in [0, 0.1) is 5.92 Å². The summed E-state index contributed by atoms with van der Waals surface area (Å²) >= 11 is 0. The maximum absolute atomic E-state index is 11.4. The third-order valence-corrected chi connectivity index (χ3v) is 1.85. The Bertz CT molecular complexity index is 270. The van der Waals surface area contributed by atoms with Crippen molar-refractivity contribution in [3.05, 3.63) is 24.3 Å². The Morgan fingerprint density at radius 1 is 1.14 bits per heavy atom. The summed E-state index contributed by atoms with van der Waals surface area (Å²) in [5.74, 6) is -0.257. The highest BCUT2D eigenvalue weighted by Gasteiger charge is 2.12. The summed E-state index contributed by atoms with van der Waals surface area (Å²) in [7, 11) is 0. The molecule has 4 nitrogen and oxygen atoms in total. The Labute approximate surface area is 83.1 Å². The van der Waals surface area contributed by atoms with Crippen LogP contribution in [0.15, 0.2) is 24.3 Å². The molecule has 14 heavy (non-hydrogen) atoms. The van der Waals surface area contributed by atoms with Crippen LogP contribution in [0.3, 0.4) is 0 Å². The molecule has 0 aromatic carbocycles. The normalized spacial score (nSPS) is 14.4. The molecule has 0 aromatic rings. The number of hydrogen-bond donors (Lipinski definition) is 2. The second kappa shape index (κ2) is 5.21. The highest BCUT2D eigenvalue weighted by Crippen LogP contribution is 2.07. The molecule has 4 heteroatoms. The lowest BCUT2D eigenvalue weighted by atomic mass is 10.1. The fourth-order valence-corrected chi connectivity index (χ4v) is 1.15. The van der Waals surface area contributed by atoms with E-state index in [4.69, 9.17) is 0 Å². The maximum Gasteiger partial charge on any atom is 0.230 e. The molecule has 0 saturated heterocycles. The third kappa shape index (κ3) is 3.43. The summed E-state index contributed by atoms with van der Waals surface area (Å²) in [6.45, 7) is 2.39. The van der Waals surface area contributed by atoms with Crippen molar-refractivity contribution < 1.29 is 9.59 Å². The minimum Gasteiger partial charge on any atom is -0.355 e. The molecular formula is C10H14N2O2. The van der Waals surface area contributed by atoms with E-state index in [1.165, 1.54) is 6.92 Å². The van der Waals surface area contributed by atoms with Crippen molar-refractivity contribution >= 4 is 11.8 Å². The van der Waals surface area contributed by atoms with Gasteiger partial charge >= 0.3 is 0 Å². The molecule has 2 N–H and O–H groups in total. The zero-order chi connectivity index (χ0) is 10.4. The molecule has 1 aliphatic carbocycles. The van der Waals surface area contributed by atoms with Gasteiger partial charge in [-0.25, -0.2) is 0 Å². The zero-order valence-corrected chi connectivity index (χ0v) is 8.12. The van der Waals surface area contributed by atoms with Gasteiger partial charge in [-0.15, -0.1) is 0 Å². The molecule has 2 amide bonds. The molecule has 0 saturated carbocycles. The molecule has 0 aliphatic heterocycles. The molecule has 0 bridgehead atoms. The minimum absolute atomic E-state index is 0.0275. The van der Waals surface area contributed by atoms with Gasteiger partial charge in [-0.3, -0.25) is 9.59 Å². The van der Waals surface area contributed by atoms with Crippen molar-refractivity contribution in [1.29, 1.82) is 0 Å². The minimum atomic E-state index is -0.146. The van der Waals surface area contributed by atoms with E-state index in [1.54, 1.807) is 0 Å². The summed E-state index contributed by atoms with van der Waals surface area (Å²) in [4.78, 5) is 21.9. The average Bonchev–Trinajstić information content (AvgIpc) is 2.64. The number of nitrogens with one attached hydrogen (secondary N) is 2. The molecule has 76 valence electrons. The van der Waals surface area contributed by atoms with Crippen LogP contribution in [0.5, 0.6) is 0 Å². The highest BCUT2D eigenvalue weighted by molar-refractivity contribution is 5.83. The first-order valence-electron chi connectivity index (χ1n) is 4.57. The Morgan fingerprint density at radius 2 is 1.71 bits per heavy atom. The molecule has 0 spiro atoms. The Hall–Kier alpha value is -1.58. The molecule has 0 aromatic heterocycles. The lowest BCUT2D eigenvalue weighted by Gasteiger charge is -2.07. The number of carbonyl (C=O) groups is 2. The Kier molecular flexibility index (Phi) is 3.91. The van der Waals surface area contributed by atoms with Crippen molar-refractivity contribution in [2.75, 3.05) is 13.1 Å². The SMILES string of the molecule is CC(=O)NCCNC(=O)C1C=CC=C1. The van der Waals surface area contributed by atoms with Crippen molar-refractivity contribution in [3.63, 3.8) is 0 Å². The van der Waals surface area contributed by atoms with Gasteiger partial charge in [0.15, 0.2) is 0 Å². The fourth-order valence-electron chi connectivity index (χ4n) is 1.15. The van der Waals surface area contributed by atoms with E-state index >= 15 is 0 Å². The molecular weight excluding hydrogens is 180 g/mol. The van der Waals surface area contributed by atoms with Crippen LogP contribution in [0.25, 0.3) is 0 Å². The summed E-state index contributed by atoms with van der Waals surface area (Å²) in [5.41, 5.74) is 0. The largest absolute Gasteiger partial charge is 0.355 e. The number of amides is 2. The van der Waals surface area contributed by atoms with Gasteiger partial charge in [0.1, 0.15) is 0 Å². The van der Waals surface area contributed by atoms with Gasteiger partial charge in [-0.2, -0.15) is 0 Å². The number of carbonyl (C=O) groups excluding carboxylic acids is 2. The monoisotopic (exact) mass is 194 g/mol. The molecule has 1 rings (SSSR count). The van der Waals surface area contributed by atoms with Crippen LogP contribution in [-0.4, -0.2) is 24.9 Å². The second-order valence-corrected chi connectivity index (χ2v) is 3.07. The van der Waals surface area contributed by atoms with Gasteiger partial charge in [-0.05, 0) is 0 Å². The van der Waals surface area contributed by atoms with Gasteiger partial charge < -0.3 is 10.6 Å². The number of rotatable bonds is 4. The maximum atomic E-state index is 11.4. The topological polar surface area (TPSA) is 58.2 Å². The predicted octanol–water partition coefficient (Wildman–Crippen LogP) is -0.0191. The summed E-state index contributed by atoms with van der Waals surface area (Å²) in [6, 6.07) is 0. The van der Waals surface area contributed by atoms with E-state index in [-0.39, 0.29) is 17.7 Å². The molecule has 1 aliphatic rings. The van der Waals surface area contributed by atoms with Crippen LogP contribution < -0.4 is 10.6 Å². The highest BCUT2D eigenvalue weighted by atomic mass is 16.2. The first-order valence-corrected chi connectivity index (χ1v) is 4.57. The van der Waals surface area contributed by atoms with Crippen LogP contribution in [0.1, 0.15) is 6.92 Å². The average molecular weight is 194 g/mol. The van der Waals surface area contributed by atoms with Gasteiger partial charge in [0.2, 0.25) is 11.8 Å². The first kappa shape index (κ1) is 10.5. The predicted molar refractivity (Wildman–Crippen MR) is 53.5 cm³/mol. The van der Waals surface area contributed by atoms with Crippen molar-refractivity contribution in [2.24, 2.45) is 5.92 Å². The third-order valence-electron chi connectivity index (χ3n) is 1.85. The van der Waals surface area contributed by atoms with E-state index in [1.807, 2.05) is 24.3 Å². The van der Waals surface area contributed by atoms with Gasteiger partial charge in [-0.1, -0.05) is 24.3 Å². The lowest BCUT2D eigenvalue weighted by molar-refractivity contribution is -0.123. The van der Waals surface area contributed by atoms with Gasteiger partial charge in [0.05, 0.1) is 5.92 Å². The fraction of sp³-hybridized carbons (Fsp3) is 0.400. The van der Waals surface area contributed by atoms with Crippen LogP contribution in [0.2, 0.25) is 0 Å². The Morgan fingerprint density at radius 3 is 2.29 bits per heavy atom. The summed E-state index contributed by atoms with van der Waals surface area (Å²) in [6.07, 6.45) is 7.34. The molecule has 0 heterocycles. The van der Waals surface area contributed by atoms with Gasteiger partial charge in [0.25, 0.3) is 0 Å². The molecule has 0 unspecified atom stereocenters. The van der Waals surface area contributed by atoms with E-state index in [0.717, 1.165) is 0 Å². The van der Waals surface area contributed by atoms with Gasteiger partial charge in [0, 0.05) is 20.0 Å². The van der Waals surface area contributed by atoms with Crippen molar-refractivity contribution in [2.45, 2.75) is 6.92 Å². The smallest absolute Gasteiger partial charge is 0.230 e. The van der Waals surface area contributed by atoms with Crippen molar-refractivity contribution in [3.8, 4) is 0 Å². The molecule has 0 fully saturated rings. The van der Waals surface area contributed by atoms with E-state index in [9.17, 15) is 9.59 Å². The molecule has 0 atom stereocenters. The van der Waals surface area contributed by atoms with E-state index in [0.29, 0.717) is 13.1 Å². The first-order chi connectivity index (χ1) is 6.70. The standard InChI is InChI=1S/C10H14N2O2/c1-8(13)11-6-7-12-10(14)9-4-2-3-5-9/h2-5,9H,6-7H2,1H3,(H,11,13)(H,12,14). The van der Waals surface area contributed by atoms with Crippen LogP contribution in [0.4, 0.5) is 0 Å². The lowest BCUT2D eigenvalue weighted by Crippen LogP contribution is -2.35. The van der Waals surface area contributed by atoms with E-state index in [2.05, 4.69) is 10.6 Å².